The van der Waals surface area contributed by atoms with E-state index in [1.54, 1.807) is 24.3 Å². The Hall–Kier alpha value is -3.02. The van der Waals surface area contributed by atoms with Crippen LogP contribution in [0.15, 0.2) is 42.5 Å². The number of hydrogen-bond donors (Lipinski definition) is 0. The van der Waals surface area contributed by atoms with Gasteiger partial charge in [0.15, 0.2) is 11.5 Å². The molecule has 6 nitrogen and oxygen atoms in total. The number of rotatable bonds is 3. The van der Waals surface area contributed by atoms with E-state index in [0.717, 1.165) is 36.3 Å². The van der Waals surface area contributed by atoms with Crippen molar-refractivity contribution in [3.05, 3.63) is 59.2 Å². The van der Waals surface area contributed by atoms with Gasteiger partial charge in [0.2, 0.25) is 0 Å². The highest BCUT2D eigenvalue weighted by molar-refractivity contribution is 5.96. The lowest BCUT2D eigenvalue weighted by molar-refractivity contribution is 0.0599. The summed E-state index contributed by atoms with van der Waals surface area (Å²) in [7, 11) is 1.34. The molecule has 0 saturated carbocycles. The highest BCUT2D eigenvalue weighted by Gasteiger charge is 2.31. The first-order valence-corrected chi connectivity index (χ1v) is 9.56. The van der Waals surface area contributed by atoms with Gasteiger partial charge >= 0.3 is 5.97 Å². The Morgan fingerprint density at radius 2 is 1.68 bits per heavy atom. The van der Waals surface area contributed by atoms with E-state index in [0.29, 0.717) is 30.9 Å². The number of fused-ring (bicyclic) bond motifs is 1. The van der Waals surface area contributed by atoms with E-state index in [2.05, 4.69) is 0 Å². The van der Waals surface area contributed by atoms with Crippen molar-refractivity contribution in [2.24, 2.45) is 0 Å². The third-order valence-electron chi connectivity index (χ3n) is 5.22. The lowest BCUT2D eigenvalue weighted by Gasteiger charge is -2.26. The van der Waals surface area contributed by atoms with Crippen LogP contribution in [0.3, 0.4) is 0 Å². The van der Waals surface area contributed by atoms with Crippen molar-refractivity contribution in [1.82, 2.24) is 4.90 Å². The minimum Gasteiger partial charge on any atom is -0.490 e. The SMILES string of the molecule is COC(=O)c1ccc(C(=O)N2CCCC2c2ccc3c(c2)OCCCO3)cc1. The predicted molar refractivity (Wildman–Crippen MR) is 103 cm³/mol. The zero-order valence-electron chi connectivity index (χ0n) is 15.8. The maximum Gasteiger partial charge on any atom is 0.337 e. The summed E-state index contributed by atoms with van der Waals surface area (Å²) in [6.45, 7) is 1.99. The minimum absolute atomic E-state index is 0.00457. The van der Waals surface area contributed by atoms with Crippen molar-refractivity contribution in [3.63, 3.8) is 0 Å². The van der Waals surface area contributed by atoms with Crippen LogP contribution in [-0.4, -0.2) is 43.6 Å². The molecule has 4 rings (SSSR count). The second kappa shape index (κ2) is 7.92. The van der Waals surface area contributed by atoms with E-state index in [1.807, 2.05) is 23.1 Å². The molecule has 1 unspecified atom stereocenters. The van der Waals surface area contributed by atoms with Gasteiger partial charge in [0, 0.05) is 18.5 Å². The number of benzene rings is 2. The summed E-state index contributed by atoms with van der Waals surface area (Å²) in [5.74, 6) is 1.06. The van der Waals surface area contributed by atoms with Crippen LogP contribution >= 0.6 is 0 Å². The number of methoxy groups -OCH3 is 1. The number of esters is 1. The molecular formula is C22H23NO5. The normalized spacial score (nSPS) is 18.5. The molecule has 6 heteroatoms. The molecule has 2 aromatic carbocycles. The number of ether oxygens (including phenoxy) is 3. The Labute approximate surface area is 164 Å². The monoisotopic (exact) mass is 381 g/mol. The van der Waals surface area contributed by atoms with Crippen molar-refractivity contribution < 1.29 is 23.8 Å². The first-order valence-electron chi connectivity index (χ1n) is 9.56. The number of hydrogen-bond acceptors (Lipinski definition) is 5. The Bertz CT molecular complexity index is 877. The van der Waals surface area contributed by atoms with Gasteiger partial charge in [0.05, 0.1) is 31.9 Å². The van der Waals surface area contributed by atoms with Crippen molar-refractivity contribution in [1.29, 1.82) is 0 Å². The molecular weight excluding hydrogens is 358 g/mol. The first kappa shape index (κ1) is 18.3. The van der Waals surface area contributed by atoms with Crippen LogP contribution in [-0.2, 0) is 4.74 Å². The molecule has 1 fully saturated rings. The van der Waals surface area contributed by atoms with Crippen molar-refractivity contribution in [2.75, 3.05) is 26.9 Å². The van der Waals surface area contributed by atoms with Gasteiger partial charge in [0.1, 0.15) is 0 Å². The van der Waals surface area contributed by atoms with Crippen LogP contribution < -0.4 is 9.47 Å². The quantitative estimate of drug-likeness (QED) is 0.760. The zero-order valence-corrected chi connectivity index (χ0v) is 15.8. The van der Waals surface area contributed by atoms with Gasteiger partial charge in [-0.05, 0) is 54.8 Å². The van der Waals surface area contributed by atoms with E-state index in [4.69, 9.17) is 14.2 Å². The molecule has 0 spiro atoms. The molecule has 1 atom stereocenters. The second-order valence-corrected chi connectivity index (χ2v) is 6.98. The average Bonchev–Trinajstić information content (AvgIpc) is 3.11. The Morgan fingerprint density at radius 3 is 2.43 bits per heavy atom. The highest BCUT2D eigenvalue weighted by Crippen LogP contribution is 2.38. The Kier molecular flexibility index (Phi) is 5.19. The summed E-state index contributed by atoms with van der Waals surface area (Å²) in [5, 5.41) is 0. The van der Waals surface area contributed by atoms with Gasteiger partial charge in [-0.3, -0.25) is 4.79 Å². The van der Waals surface area contributed by atoms with Crippen molar-refractivity contribution in [2.45, 2.75) is 25.3 Å². The standard InChI is InChI=1S/C22H23NO5/c1-26-22(25)16-7-5-15(6-8-16)21(24)23-11-2-4-18(23)17-9-10-19-20(14-17)28-13-3-12-27-19/h5-10,14,18H,2-4,11-13H2,1H3. The Morgan fingerprint density at radius 1 is 0.964 bits per heavy atom. The summed E-state index contributed by atoms with van der Waals surface area (Å²) in [6, 6.07) is 12.6. The van der Waals surface area contributed by atoms with Crippen molar-refractivity contribution >= 4 is 11.9 Å². The maximum atomic E-state index is 13.1. The molecule has 0 aromatic heterocycles. The molecule has 0 radical (unpaired) electrons. The highest BCUT2D eigenvalue weighted by atomic mass is 16.5. The molecule has 146 valence electrons. The number of likely N-dealkylation sites (tertiary alicyclic amines) is 1. The van der Waals surface area contributed by atoms with E-state index < -0.39 is 5.97 Å². The lowest BCUT2D eigenvalue weighted by Crippen LogP contribution is -2.30. The molecule has 2 aliphatic heterocycles. The maximum absolute atomic E-state index is 13.1. The lowest BCUT2D eigenvalue weighted by atomic mass is 10.0. The van der Waals surface area contributed by atoms with Gasteiger partial charge < -0.3 is 19.1 Å². The van der Waals surface area contributed by atoms with E-state index in [-0.39, 0.29) is 11.9 Å². The van der Waals surface area contributed by atoms with E-state index in [1.165, 1.54) is 7.11 Å². The molecule has 2 aromatic rings. The van der Waals surface area contributed by atoms with Gasteiger partial charge in [-0.15, -0.1) is 0 Å². The summed E-state index contributed by atoms with van der Waals surface area (Å²) in [4.78, 5) is 26.6. The number of carbonyl (C=O) groups is 2. The minimum atomic E-state index is -0.412. The van der Waals surface area contributed by atoms with Crippen LogP contribution in [0.25, 0.3) is 0 Å². The van der Waals surface area contributed by atoms with Gasteiger partial charge in [0.25, 0.3) is 5.91 Å². The predicted octanol–water partition coefficient (Wildman–Crippen LogP) is 3.61. The smallest absolute Gasteiger partial charge is 0.337 e. The van der Waals surface area contributed by atoms with Gasteiger partial charge in [-0.25, -0.2) is 4.79 Å². The van der Waals surface area contributed by atoms with Crippen LogP contribution in [0.2, 0.25) is 0 Å². The van der Waals surface area contributed by atoms with Crippen LogP contribution in [0.4, 0.5) is 0 Å². The summed E-state index contributed by atoms with van der Waals surface area (Å²) < 4.78 is 16.2. The number of amides is 1. The van der Waals surface area contributed by atoms with Gasteiger partial charge in [-0.2, -0.15) is 0 Å². The van der Waals surface area contributed by atoms with E-state index in [9.17, 15) is 9.59 Å². The largest absolute Gasteiger partial charge is 0.490 e. The fourth-order valence-electron chi connectivity index (χ4n) is 3.78. The third-order valence-corrected chi connectivity index (χ3v) is 5.22. The van der Waals surface area contributed by atoms with Crippen molar-refractivity contribution in [3.8, 4) is 11.5 Å². The summed E-state index contributed by atoms with van der Waals surface area (Å²) in [5.41, 5.74) is 2.05. The topological polar surface area (TPSA) is 65.1 Å². The van der Waals surface area contributed by atoms with E-state index >= 15 is 0 Å². The molecule has 0 aliphatic carbocycles. The fourth-order valence-corrected chi connectivity index (χ4v) is 3.78. The van der Waals surface area contributed by atoms with Crippen LogP contribution in [0, 0.1) is 0 Å². The molecule has 0 N–H and O–H groups in total. The molecule has 1 saturated heterocycles. The number of carbonyl (C=O) groups excluding carboxylic acids is 2. The molecule has 28 heavy (non-hydrogen) atoms. The molecule has 1 amide bonds. The molecule has 2 heterocycles. The first-order chi connectivity index (χ1) is 13.7. The third kappa shape index (κ3) is 3.54. The molecule has 0 bridgehead atoms. The zero-order chi connectivity index (χ0) is 19.5. The van der Waals surface area contributed by atoms with Crippen LogP contribution in [0.1, 0.15) is 51.6 Å². The van der Waals surface area contributed by atoms with Crippen LogP contribution in [0.5, 0.6) is 11.5 Å². The summed E-state index contributed by atoms with van der Waals surface area (Å²) >= 11 is 0. The summed E-state index contributed by atoms with van der Waals surface area (Å²) in [6.07, 6.45) is 2.72. The fraction of sp³-hybridized carbons (Fsp3) is 0.364. The second-order valence-electron chi connectivity index (χ2n) is 6.98. The number of nitrogens with zero attached hydrogens (tertiary/aromatic N) is 1. The Balaban J connectivity index is 1.55. The average molecular weight is 381 g/mol. The molecule has 2 aliphatic rings. The van der Waals surface area contributed by atoms with Gasteiger partial charge in [-0.1, -0.05) is 6.07 Å².